The molecule has 0 aromatic carbocycles. The molecule has 1 aliphatic heterocycles. The standard InChI is InChI=1S/C16H23N5O/c1-12-18-16(22-19-12)14-6-4-5-9-21(14)11-13-7-8-15(17-10-13)20(2)3/h7-8,10,14H,4-6,9,11H2,1-3H3/t14-/m1/s1. The van der Waals surface area contributed by atoms with Gasteiger partial charge in [0.05, 0.1) is 6.04 Å². The Balaban J connectivity index is 1.73. The molecular formula is C16H23N5O. The third-order valence-electron chi connectivity index (χ3n) is 4.09. The quantitative estimate of drug-likeness (QED) is 0.865. The number of anilines is 1. The minimum Gasteiger partial charge on any atom is -0.363 e. The highest BCUT2D eigenvalue weighted by Gasteiger charge is 2.28. The number of likely N-dealkylation sites (tertiary alicyclic amines) is 1. The Morgan fingerprint density at radius 2 is 2.18 bits per heavy atom. The lowest BCUT2D eigenvalue weighted by Gasteiger charge is -2.33. The van der Waals surface area contributed by atoms with Gasteiger partial charge in [0.25, 0.3) is 0 Å². The smallest absolute Gasteiger partial charge is 0.243 e. The second-order valence-electron chi connectivity index (χ2n) is 6.08. The molecule has 1 aliphatic rings. The van der Waals surface area contributed by atoms with Crippen molar-refractivity contribution in [2.45, 2.75) is 38.8 Å². The first kappa shape index (κ1) is 15.0. The normalized spacial score (nSPS) is 19.3. The molecule has 22 heavy (non-hydrogen) atoms. The summed E-state index contributed by atoms with van der Waals surface area (Å²) in [4.78, 5) is 13.3. The SMILES string of the molecule is Cc1noc([C@H]2CCCCN2Cc2ccc(N(C)C)nc2)n1. The van der Waals surface area contributed by atoms with Crippen LogP contribution < -0.4 is 4.90 Å². The first-order valence-corrected chi connectivity index (χ1v) is 7.80. The average molecular weight is 301 g/mol. The van der Waals surface area contributed by atoms with E-state index >= 15 is 0 Å². The van der Waals surface area contributed by atoms with Crippen LogP contribution in [-0.4, -0.2) is 40.7 Å². The molecule has 1 atom stereocenters. The summed E-state index contributed by atoms with van der Waals surface area (Å²) >= 11 is 0. The zero-order valence-corrected chi connectivity index (χ0v) is 13.5. The van der Waals surface area contributed by atoms with Crippen molar-refractivity contribution in [1.82, 2.24) is 20.0 Å². The summed E-state index contributed by atoms with van der Waals surface area (Å²) in [5.41, 5.74) is 1.22. The van der Waals surface area contributed by atoms with Gasteiger partial charge in [0.2, 0.25) is 5.89 Å². The largest absolute Gasteiger partial charge is 0.363 e. The summed E-state index contributed by atoms with van der Waals surface area (Å²) in [5, 5.41) is 3.93. The number of hydrogen-bond acceptors (Lipinski definition) is 6. The van der Waals surface area contributed by atoms with Crippen LogP contribution in [0.1, 0.15) is 42.6 Å². The van der Waals surface area contributed by atoms with Crippen molar-refractivity contribution in [3.05, 3.63) is 35.6 Å². The molecule has 0 amide bonds. The Morgan fingerprint density at radius 3 is 2.82 bits per heavy atom. The summed E-state index contributed by atoms with van der Waals surface area (Å²) in [6, 6.07) is 4.43. The summed E-state index contributed by atoms with van der Waals surface area (Å²) in [5.74, 6) is 2.43. The van der Waals surface area contributed by atoms with E-state index in [0.717, 1.165) is 31.2 Å². The van der Waals surface area contributed by atoms with E-state index in [-0.39, 0.29) is 6.04 Å². The molecule has 0 bridgehead atoms. The van der Waals surface area contributed by atoms with Crippen LogP contribution in [0.4, 0.5) is 5.82 Å². The molecule has 3 rings (SSSR count). The Bertz CT molecular complexity index is 607. The second-order valence-corrected chi connectivity index (χ2v) is 6.08. The van der Waals surface area contributed by atoms with E-state index in [9.17, 15) is 0 Å². The first-order chi connectivity index (χ1) is 10.6. The monoisotopic (exact) mass is 301 g/mol. The number of nitrogens with zero attached hydrogens (tertiary/aromatic N) is 5. The lowest BCUT2D eigenvalue weighted by atomic mass is 10.0. The van der Waals surface area contributed by atoms with Gasteiger partial charge in [0.15, 0.2) is 5.82 Å². The van der Waals surface area contributed by atoms with E-state index in [0.29, 0.717) is 5.82 Å². The number of aromatic nitrogens is 3. The highest BCUT2D eigenvalue weighted by atomic mass is 16.5. The molecular weight excluding hydrogens is 278 g/mol. The number of aryl methyl sites for hydroxylation is 1. The molecule has 2 aromatic heterocycles. The third kappa shape index (κ3) is 3.27. The zero-order chi connectivity index (χ0) is 15.5. The summed E-state index contributed by atoms with van der Waals surface area (Å²) < 4.78 is 5.40. The molecule has 118 valence electrons. The van der Waals surface area contributed by atoms with Crippen molar-refractivity contribution in [2.24, 2.45) is 0 Å². The van der Waals surface area contributed by atoms with Gasteiger partial charge in [0, 0.05) is 26.8 Å². The Kier molecular flexibility index (Phi) is 4.38. The lowest BCUT2D eigenvalue weighted by molar-refractivity contribution is 0.111. The van der Waals surface area contributed by atoms with Gasteiger partial charge in [0.1, 0.15) is 5.82 Å². The molecule has 1 fully saturated rings. The Labute approximate surface area is 131 Å². The van der Waals surface area contributed by atoms with E-state index in [1.54, 1.807) is 0 Å². The molecule has 2 aromatic rings. The van der Waals surface area contributed by atoms with E-state index in [2.05, 4.69) is 32.2 Å². The predicted octanol–water partition coefficient (Wildman–Crippen LogP) is 2.57. The molecule has 0 radical (unpaired) electrons. The number of piperidine rings is 1. The zero-order valence-electron chi connectivity index (χ0n) is 13.5. The van der Waals surface area contributed by atoms with Crippen LogP contribution in [0.15, 0.2) is 22.9 Å². The van der Waals surface area contributed by atoms with Gasteiger partial charge in [-0.3, -0.25) is 4.90 Å². The molecule has 6 heteroatoms. The van der Waals surface area contributed by atoms with E-state index in [4.69, 9.17) is 4.52 Å². The number of pyridine rings is 1. The van der Waals surface area contributed by atoms with Crippen LogP contribution in [0, 0.1) is 6.92 Å². The van der Waals surface area contributed by atoms with Crippen molar-refractivity contribution in [3.8, 4) is 0 Å². The Hall–Kier alpha value is -1.95. The fourth-order valence-electron chi connectivity index (χ4n) is 2.92. The Morgan fingerprint density at radius 1 is 1.32 bits per heavy atom. The molecule has 0 N–H and O–H groups in total. The van der Waals surface area contributed by atoms with Crippen LogP contribution in [0.2, 0.25) is 0 Å². The van der Waals surface area contributed by atoms with Crippen molar-refractivity contribution in [2.75, 3.05) is 25.5 Å². The second kappa shape index (κ2) is 6.44. The van der Waals surface area contributed by atoms with Crippen molar-refractivity contribution in [3.63, 3.8) is 0 Å². The minimum atomic E-state index is 0.225. The summed E-state index contributed by atoms with van der Waals surface area (Å²) in [7, 11) is 4.00. The topological polar surface area (TPSA) is 58.3 Å². The van der Waals surface area contributed by atoms with Gasteiger partial charge < -0.3 is 9.42 Å². The predicted molar refractivity (Wildman–Crippen MR) is 84.6 cm³/mol. The first-order valence-electron chi connectivity index (χ1n) is 7.80. The van der Waals surface area contributed by atoms with Gasteiger partial charge in [-0.15, -0.1) is 0 Å². The lowest BCUT2D eigenvalue weighted by Crippen LogP contribution is -2.33. The molecule has 0 spiro atoms. The molecule has 1 saturated heterocycles. The maximum absolute atomic E-state index is 5.40. The van der Waals surface area contributed by atoms with E-state index in [1.165, 1.54) is 18.4 Å². The van der Waals surface area contributed by atoms with Gasteiger partial charge in [-0.25, -0.2) is 4.98 Å². The van der Waals surface area contributed by atoms with Crippen molar-refractivity contribution >= 4 is 5.82 Å². The molecule has 0 aliphatic carbocycles. The van der Waals surface area contributed by atoms with Gasteiger partial charge >= 0.3 is 0 Å². The fraction of sp³-hybridized carbons (Fsp3) is 0.562. The molecule has 0 saturated carbocycles. The van der Waals surface area contributed by atoms with Crippen LogP contribution >= 0.6 is 0 Å². The van der Waals surface area contributed by atoms with Crippen molar-refractivity contribution in [1.29, 1.82) is 0 Å². The van der Waals surface area contributed by atoms with E-state index < -0.39 is 0 Å². The summed E-state index contributed by atoms with van der Waals surface area (Å²) in [6.45, 7) is 3.79. The van der Waals surface area contributed by atoms with Crippen LogP contribution in [-0.2, 0) is 6.54 Å². The van der Waals surface area contributed by atoms with E-state index in [1.807, 2.05) is 32.1 Å². The van der Waals surface area contributed by atoms with Crippen LogP contribution in [0.25, 0.3) is 0 Å². The molecule has 6 nitrogen and oxygen atoms in total. The van der Waals surface area contributed by atoms with Crippen molar-refractivity contribution < 1.29 is 4.52 Å². The highest BCUT2D eigenvalue weighted by molar-refractivity contribution is 5.37. The summed E-state index contributed by atoms with van der Waals surface area (Å²) in [6.07, 6.45) is 5.46. The minimum absolute atomic E-state index is 0.225. The number of rotatable bonds is 4. The van der Waals surface area contributed by atoms with Crippen LogP contribution in [0.5, 0.6) is 0 Å². The maximum atomic E-state index is 5.40. The third-order valence-corrected chi connectivity index (χ3v) is 4.09. The van der Waals surface area contributed by atoms with Crippen LogP contribution in [0.3, 0.4) is 0 Å². The average Bonchev–Trinajstić information content (AvgIpc) is 2.95. The maximum Gasteiger partial charge on any atom is 0.243 e. The van der Waals surface area contributed by atoms with Gasteiger partial charge in [-0.1, -0.05) is 17.6 Å². The van der Waals surface area contributed by atoms with Gasteiger partial charge in [-0.2, -0.15) is 4.98 Å². The fourth-order valence-corrected chi connectivity index (χ4v) is 2.92. The number of hydrogen-bond donors (Lipinski definition) is 0. The highest BCUT2D eigenvalue weighted by Crippen LogP contribution is 2.31. The van der Waals surface area contributed by atoms with Gasteiger partial charge in [-0.05, 0) is 37.9 Å². The molecule has 3 heterocycles. The molecule has 0 unspecified atom stereocenters.